The highest BCUT2D eigenvalue weighted by Gasteiger charge is 2.43. The predicted molar refractivity (Wildman–Crippen MR) is 125 cm³/mol. The summed E-state index contributed by atoms with van der Waals surface area (Å²) in [6, 6.07) is -0.0121. The van der Waals surface area contributed by atoms with E-state index in [2.05, 4.69) is 28.4 Å². The van der Waals surface area contributed by atoms with Crippen molar-refractivity contribution in [1.82, 2.24) is 0 Å². The molecule has 51 heavy (non-hydrogen) atoms. The average molecular weight is 780 g/mol. The van der Waals surface area contributed by atoms with Crippen LogP contribution in [0.3, 0.4) is 0 Å². The molecule has 0 saturated carbocycles. The van der Waals surface area contributed by atoms with Crippen molar-refractivity contribution in [2.24, 2.45) is 0 Å². The van der Waals surface area contributed by atoms with Crippen LogP contribution in [0.1, 0.15) is 11.1 Å². The maximum Gasteiger partial charge on any atom is 0.573 e. The van der Waals surface area contributed by atoms with E-state index in [-0.39, 0.29) is 24.3 Å². The molecule has 26 heteroatoms. The van der Waals surface area contributed by atoms with Crippen LogP contribution in [-0.4, -0.2) is 57.2 Å². The third-order valence-corrected chi connectivity index (χ3v) is 5.20. The van der Waals surface area contributed by atoms with Crippen LogP contribution in [0.25, 0.3) is 12.2 Å². The van der Waals surface area contributed by atoms with E-state index in [1.54, 1.807) is 0 Å². The Hall–Kier alpha value is -4.91. The van der Waals surface area contributed by atoms with Gasteiger partial charge in [-0.05, 0) is 47.5 Å². The number of halogens is 18. The number of ether oxygens (including phenoxy) is 7. The first-order chi connectivity index (χ1) is 22.9. The Morgan fingerprint density at radius 1 is 0.431 bits per heavy atom. The number of alkyl halides is 18. The molecule has 0 unspecified atom stereocenters. The average Bonchev–Trinajstić information content (AvgIpc) is 2.86. The lowest BCUT2D eigenvalue weighted by Gasteiger charge is -2.21. The molecule has 1 aliphatic rings. The zero-order valence-corrected chi connectivity index (χ0v) is 23.4. The van der Waals surface area contributed by atoms with E-state index in [9.17, 15) is 83.8 Å². The van der Waals surface area contributed by atoms with E-state index >= 15 is 0 Å². The summed E-state index contributed by atoms with van der Waals surface area (Å²) in [5, 5.41) is 0. The second-order valence-corrected chi connectivity index (χ2v) is 9.14. The van der Waals surface area contributed by atoms with E-state index in [0.29, 0.717) is 12.2 Å². The number of carbonyl (C=O) groups is 1. The fraction of sp³-hybridized carbons (Fsp3) is 0.320. The molecule has 3 rings (SSSR count). The van der Waals surface area contributed by atoms with Gasteiger partial charge in [-0.3, -0.25) is 4.79 Å². The van der Waals surface area contributed by atoms with Crippen molar-refractivity contribution in [3.8, 4) is 34.5 Å². The predicted octanol–water partition coefficient (Wildman–Crippen LogP) is 9.14. The first-order valence-electron chi connectivity index (χ1n) is 12.3. The molecule has 284 valence electrons. The molecule has 0 amide bonds. The Morgan fingerprint density at radius 2 is 0.667 bits per heavy atom. The summed E-state index contributed by atoms with van der Waals surface area (Å²) in [6.07, 6.45) is -34.5. The van der Waals surface area contributed by atoms with Gasteiger partial charge in [0, 0.05) is 11.1 Å². The standard InChI is InChI=1S/C25H10F18O8/c26-20(27,28)46-13-3-9(4-14(47-21(29,30)31)18(13)50-24(38,39)40)1-11-7-45-8-12(17(11)44)2-10-5-15(48-22(32,33)34)19(51-25(41,42)43)16(6-10)49-23(35,36)37/h1-6H,7-8H2. The van der Waals surface area contributed by atoms with Gasteiger partial charge in [-0.25, -0.2) is 0 Å². The number of ketones is 1. The van der Waals surface area contributed by atoms with Gasteiger partial charge < -0.3 is 33.2 Å². The minimum atomic E-state index is -5.92. The molecule has 0 N–H and O–H groups in total. The van der Waals surface area contributed by atoms with E-state index in [4.69, 9.17) is 4.74 Å². The molecule has 0 aromatic heterocycles. The van der Waals surface area contributed by atoms with E-state index in [0.717, 1.165) is 0 Å². The SMILES string of the molecule is O=C1C(=Cc2cc(OC(F)(F)F)c(OC(F)(F)F)c(OC(F)(F)F)c2)COCC1=Cc1cc(OC(F)(F)F)c(OC(F)(F)F)c(OC(F)(F)F)c1. The smallest absolute Gasteiger partial charge is 0.402 e. The molecule has 0 radical (unpaired) electrons. The molecule has 0 aliphatic carbocycles. The third kappa shape index (κ3) is 13.4. The van der Waals surface area contributed by atoms with Crippen LogP contribution in [0, 0.1) is 0 Å². The zero-order valence-electron chi connectivity index (χ0n) is 23.4. The van der Waals surface area contributed by atoms with E-state index in [1.807, 2.05) is 0 Å². The van der Waals surface area contributed by atoms with Crippen LogP contribution in [0.15, 0.2) is 35.4 Å². The Morgan fingerprint density at radius 3 is 0.882 bits per heavy atom. The molecule has 1 fully saturated rings. The third-order valence-electron chi connectivity index (χ3n) is 5.20. The van der Waals surface area contributed by atoms with Gasteiger partial charge in [0.1, 0.15) is 0 Å². The summed E-state index contributed by atoms with van der Waals surface area (Å²) in [4.78, 5) is 13.1. The quantitative estimate of drug-likeness (QED) is 0.194. The van der Waals surface area contributed by atoms with Crippen molar-refractivity contribution >= 4 is 17.9 Å². The van der Waals surface area contributed by atoms with Gasteiger partial charge in [0.15, 0.2) is 28.8 Å². The van der Waals surface area contributed by atoms with Gasteiger partial charge in [0.05, 0.1) is 13.2 Å². The first-order valence-corrected chi connectivity index (χ1v) is 12.3. The Bertz CT molecular complexity index is 1470. The summed E-state index contributed by atoms with van der Waals surface area (Å²) in [7, 11) is 0. The summed E-state index contributed by atoms with van der Waals surface area (Å²) >= 11 is 0. The summed E-state index contributed by atoms with van der Waals surface area (Å²) < 4.78 is 257. The lowest BCUT2D eigenvalue weighted by molar-refractivity contribution is -0.293. The molecule has 2 aromatic rings. The molecule has 1 aliphatic heterocycles. The second-order valence-electron chi connectivity index (χ2n) is 9.14. The van der Waals surface area contributed by atoms with Crippen LogP contribution >= 0.6 is 0 Å². The molecule has 0 spiro atoms. The van der Waals surface area contributed by atoms with Gasteiger partial charge in [-0.15, -0.1) is 79.0 Å². The van der Waals surface area contributed by atoms with Crippen LogP contribution in [0.4, 0.5) is 79.0 Å². The fourth-order valence-electron chi connectivity index (χ4n) is 3.82. The monoisotopic (exact) mass is 780 g/mol. The fourth-order valence-corrected chi connectivity index (χ4v) is 3.82. The summed E-state index contributed by atoms with van der Waals surface area (Å²) in [5.74, 6) is -14.2. The van der Waals surface area contributed by atoms with Crippen LogP contribution in [0.2, 0.25) is 0 Å². The van der Waals surface area contributed by atoms with E-state index in [1.165, 1.54) is 0 Å². The Kier molecular flexibility index (Phi) is 11.1. The first kappa shape index (κ1) is 40.5. The number of Topliss-reactive ketones (excluding diaryl/α,β-unsaturated/α-hetero) is 1. The van der Waals surface area contributed by atoms with Crippen molar-refractivity contribution in [2.75, 3.05) is 13.2 Å². The largest absolute Gasteiger partial charge is 0.573 e. The second kappa shape index (κ2) is 14.0. The normalized spacial score (nSPS) is 16.7. The minimum Gasteiger partial charge on any atom is -0.402 e. The van der Waals surface area contributed by atoms with Crippen molar-refractivity contribution < 1.29 is 117 Å². The van der Waals surface area contributed by atoms with Crippen molar-refractivity contribution in [3.05, 3.63) is 46.5 Å². The molecule has 1 saturated heterocycles. The lowest BCUT2D eigenvalue weighted by atomic mass is 9.97. The molecular formula is C25H10F18O8. The summed E-state index contributed by atoms with van der Waals surface area (Å²) in [6.45, 7) is -1.77. The van der Waals surface area contributed by atoms with Gasteiger partial charge >= 0.3 is 38.2 Å². The Balaban J connectivity index is 2.19. The highest BCUT2D eigenvalue weighted by Crippen LogP contribution is 2.47. The molecule has 0 atom stereocenters. The molecule has 8 nitrogen and oxygen atoms in total. The van der Waals surface area contributed by atoms with Crippen LogP contribution in [0.5, 0.6) is 34.5 Å². The molecule has 2 aromatic carbocycles. The number of hydrogen-bond acceptors (Lipinski definition) is 8. The van der Waals surface area contributed by atoms with Crippen molar-refractivity contribution in [1.29, 1.82) is 0 Å². The topological polar surface area (TPSA) is 81.7 Å². The number of carbonyl (C=O) groups excluding carboxylic acids is 1. The highest BCUT2D eigenvalue weighted by atomic mass is 19.4. The maximum atomic E-state index is 13.1. The molecular weight excluding hydrogens is 770 g/mol. The van der Waals surface area contributed by atoms with Crippen LogP contribution < -0.4 is 28.4 Å². The summed E-state index contributed by atoms with van der Waals surface area (Å²) in [5.41, 5.74) is -3.56. The van der Waals surface area contributed by atoms with Gasteiger partial charge in [0.2, 0.25) is 11.5 Å². The van der Waals surface area contributed by atoms with E-state index < -0.39 is 114 Å². The molecule has 0 bridgehead atoms. The van der Waals surface area contributed by atoms with Gasteiger partial charge in [0.25, 0.3) is 0 Å². The van der Waals surface area contributed by atoms with Gasteiger partial charge in [-0.2, -0.15) is 0 Å². The lowest BCUT2D eigenvalue weighted by Crippen LogP contribution is -2.24. The van der Waals surface area contributed by atoms with Gasteiger partial charge in [-0.1, -0.05) is 0 Å². The zero-order chi connectivity index (χ0) is 39.0. The maximum absolute atomic E-state index is 13.1. The Labute approximate surface area is 268 Å². The van der Waals surface area contributed by atoms with Crippen LogP contribution in [-0.2, 0) is 9.53 Å². The highest BCUT2D eigenvalue weighted by molar-refractivity contribution is 6.14. The van der Waals surface area contributed by atoms with Crippen molar-refractivity contribution in [3.63, 3.8) is 0 Å². The minimum absolute atomic E-state index is 0.00302. The molecule has 1 heterocycles. The number of hydrogen-bond donors (Lipinski definition) is 0. The number of rotatable bonds is 8. The number of benzene rings is 2. The van der Waals surface area contributed by atoms with Crippen molar-refractivity contribution in [2.45, 2.75) is 38.2 Å².